The van der Waals surface area contributed by atoms with E-state index in [1.807, 2.05) is 66.7 Å². The second-order valence-electron chi connectivity index (χ2n) is 6.35. The molecule has 1 heterocycles. The summed E-state index contributed by atoms with van der Waals surface area (Å²) in [6.45, 7) is 0.181. The second-order valence-corrected chi connectivity index (χ2v) is 7.33. The van der Waals surface area contributed by atoms with E-state index < -0.39 is 6.10 Å². The van der Waals surface area contributed by atoms with E-state index in [0.717, 1.165) is 27.8 Å². The predicted octanol–water partition coefficient (Wildman–Crippen LogP) is 4.43. The van der Waals surface area contributed by atoms with Gasteiger partial charge in [0, 0.05) is 16.7 Å². The normalized spacial score (nSPS) is 12.1. The fraction of sp³-hybridized carbons (Fsp3) is 0.182. The molecular formula is C22H20N2O4S. The molecule has 1 atom stereocenters. The number of aromatic nitrogens is 2. The topological polar surface area (TPSA) is 77.6 Å². The van der Waals surface area contributed by atoms with Gasteiger partial charge in [0.2, 0.25) is 5.89 Å². The van der Waals surface area contributed by atoms with Gasteiger partial charge >= 0.3 is 0 Å². The van der Waals surface area contributed by atoms with E-state index >= 15 is 0 Å². The standard InChI is InChI=1S/C22H20N2O4S/c1-26-18-11-9-16(10-12-18)21-23-24-22(28-21)29-14-17(25)13-27-20-8-4-6-15-5-2-3-7-19(15)20/h2-12,17,25H,13-14H2,1H3/t17-/m1/s1. The lowest BCUT2D eigenvalue weighted by Gasteiger charge is -2.13. The van der Waals surface area contributed by atoms with Crippen LogP contribution in [0.25, 0.3) is 22.2 Å². The van der Waals surface area contributed by atoms with Gasteiger partial charge in [0.1, 0.15) is 18.1 Å². The quantitative estimate of drug-likeness (QED) is 0.432. The number of hydrogen-bond acceptors (Lipinski definition) is 7. The first-order valence-corrected chi connectivity index (χ1v) is 10.1. The lowest BCUT2D eigenvalue weighted by Crippen LogP contribution is -2.20. The molecule has 4 rings (SSSR count). The minimum absolute atomic E-state index is 0.181. The number of rotatable bonds is 8. The molecule has 0 saturated carbocycles. The smallest absolute Gasteiger partial charge is 0.276 e. The van der Waals surface area contributed by atoms with Crippen molar-refractivity contribution in [2.45, 2.75) is 11.3 Å². The number of methoxy groups -OCH3 is 1. The molecule has 4 aromatic rings. The van der Waals surface area contributed by atoms with Crippen molar-refractivity contribution in [2.75, 3.05) is 19.5 Å². The predicted molar refractivity (Wildman–Crippen MR) is 112 cm³/mol. The zero-order valence-corrected chi connectivity index (χ0v) is 16.6. The van der Waals surface area contributed by atoms with Crippen molar-refractivity contribution in [1.29, 1.82) is 0 Å². The summed E-state index contributed by atoms with van der Waals surface area (Å²) in [7, 11) is 1.62. The van der Waals surface area contributed by atoms with Gasteiger partial charge < -0.3 is 19.0 Å². The van der Waals surface area contributed by atoms with Gasteiger partial charge in [-0.15, -0.1) is 10.2 Å². The molecular weight excluding hydrogens is 388 g/mol. The van der Waals surface area contributed by atoms with Gasteiger partial charge in [0.05, 0.1) is 13.2 Å². The Bertz CT molecular complexity index is 1080. The Morgan fingerprint density at radius 2 is 1.79 bits per heavy atom. The number of thioether (sulfide) groups is 1. The van der Waals surface area contributed by atoms with E-state index in [-0.39, 0.29) is 6.61 Å². The third-order valence-corrected chi connectivity index (χ3v) is 5.29. The van der Waals surface area contributed by atoms with Gasteiger partial charge in [0.15, 0.2) is 0 Å². The highest BCUT2D eigenvalue weighted by molar-refractivity contribution is 7.99. The molecule has 0 bridgehead atoms. The number of fused-ring (bicyclic) bond motifs is 1. The molecule has 6 nitrogen and oxygen atoms in total. The summed E-state index contributed by atoms with van der Waals surface area (Å²) in [4.78, 5) is 0. The number of aliphatic hydroxyl groups excluding tert-OH is 1. The van der Waals surface area contributed by atoms with Crippen LogP contribution in [0, 0.1) is 0 Å². The van der Waals surface area contributed by atoms with E-state index in [4.69, 9.17) is 13.9 Å². The summed E-state index contributed by atoms with van der Waals surface area (Å²) in [5, 5.41) is 20.9. The summed E-state index contributed by atoms with van der Waals surface area (Å²) in [5.74, 6) is 2.33. The number of nitrogens with zero attached hydrogens (tertiary/aromatic N) is 2. The molecule has 0 radical (unpaired) electrons. The maximum atomic E-state index is 10.3. The lowest BCUT2D eigenvalue weighted by atomic mass is 10.1. The molecule has 0 aliphatic carbocycles. The average molecular weight is 408 g/mol. The van der Waals surface area contributed by atoms with Crippen molar-refractivity contribution in [3.05, 3.63) is 66.7 Å². The molecule has 1 aromatic heterocycles. The van der Waals surface area contributed by atoms with E-state index in [2.05, 4.69) is 10.2 Å². The van der Waals surface area contributed by atoms with Crippen molar-refractivity contribution in [2.24, 2.45) is 0 Å². The van der Waals surface area contributed by atoms with Gasteiger partial charge in [-0.25, -0.2) is 0 Å². The Labute approximate surface area is 172 Å². The van der Waals surface area contributed by atoms with Gasteiger partial charge in [-0.3, -0.25) is 0 Å². The lowest BCUT2D eigenvalue weighted by molar-refractivity contribution is 0.127. The van der Waals surface area contributed by atoms with Gasteiger partial charge in [0.25, 0.3) is 5.22 Å². The first kappa shape index (κ1) is 19.3. The zero-order valence-electron chi connectivity index (χ0n) is 15.8. The molecule has 0 spiro atoms. The zero-order chi connectivity index (χ0) is 20.1. The van der Waals surface area contributed by atoms with Crippen molar-refractivity contribution in [3.8, 4) is 23.0 Å². The third-order valence-electron chi connectivity index (χ3n) is 4.32. The Balaban J connectivity index is 1.31. The molecule has 0 amide bonds. The van der Waals surface area contributed by atoms with Crippen molar-refractivity contribution in [3.63, 3.8) is 0 Å². The van der Waals surface area contributed by atoms with Crippen LogP contribution in [0.2, 0.25) is 0 Å². The van der Waals surface area contributed by atoms with Crippen LogP contribution in [0.15, 0.2) is 76.4 Å². The summed E-state index contributed by atoms with van der Waals surface area (Å²) in [6, 6.07) is 21.3. The highest BCUT2D eigenvalue weighted by Crippen LogP contribution is 2.27. The number of hydrogen-bond donors (Lipinski definition) is 1. The average Bonchev–Trinajstić information content (AvgIpc) is 3.25. The van der Waals surface area contributed by atoms with Crippen molar-refractivity contribution >= 4 is 22.5 Å². The molecule has 29 heavy (non-hydrogen) atoms. The largest absolute Gasteiger partial charge is 0.497 e. The van der Waals surface area contributed by atoms with Gasteiger partial charge in [-0.2, -0.15) is 0 Å². The number of ether oxygens (including phenoxy) is 2. The Morgan fingerprint density at radius 1 is 1.00 bits per heavy atom. The third kappa shape index (κ3) is 4.70. The van der Waals surface area contributed by atoms with Crippen LogP contribution in [0.4, 0.5) is 0 Å². The van der Waals surface area contributed by atoms with Crippen LogP contribution in [0.3, 0.4) is 0 Å². The maximum absolute atomic E-state index is 10.3. The van der Waals surface area contributed by atoms with Crippen LogP contribution in [0.1, 0.15) is 0 Å². The molecule has 3 aromatic carbocycles. The van der Waals surface area contributed by atoms with E-state index in [9.17, 15) is 5.11 Å². The molecule has 0 aliphatic heterocycles. The first-order valence-electron chi connectivity index (χ1n) is 9.12. The van der Waals surface area contributed by atoms with Gasteiger partial charge in [-0.05, 0) is 35.7 Å². The second kappa shape index (κ2) is 8.98. The molecule has 148 valence electrons. The van der Waals surface area contributed by atoms with Gasteiger partial charge in [-0.1, -0.05) is 48.2 Å². The number of benzene rings is 3. The van der Waals surface area contributed by atoms with Crippen LogP contribution < -0.4 is 9.47 Å². The van der Waals surface area contributed by atoms with Crippen LogP contribution in [-0.2, 0) is 0 Å². The highest BCUT2D eigenvalue weighted by Gasteiger charge is 2.13. The van der Waals surface area contributed by atoms with Crippen LogP contribution >= 0.6 is 11.8 Å². The minimum Gasteiger partial charge on any atom is -0.497 e. The Kier molecular flexibility index (Phi) is 5.97. The summed E-state index contributed by atoms with van der Waals surface area (Å²) < 4.78 is 16.6. The van der Waals surface area contributed by atoms with E-state index in [0.29, 0.717) is 16.9 Å². The first-order chi connectivity index (χ1) is 14.2. The fourth-order valence-electron chi connectivity index (χ4n) is 2.84. The maximum Gasteiger partial charge on any atom is 0.276 e. The molecule has 7 heteroatoms. The van der Waals surface area contributed by atoms with Crippen LogP contribution in [-0.4, -0.2) is 40.9 Å². The number of aliphatic hydroxyl groups is 1. The van der Waals surface area contributed by atoms with Crippen molar-refractivity contribution in [1.82, 2.24) is 10.2 Å². The summed E-state index contributed by atoms with van der Waals surface area (Å²) in [6.07, 6.45) is -0.671. The fourth-order valence-corrected chi connectivity index (χ4v) is 3.51. The van der Waals surface area contributed by atoms with Crippen molar-refractivity contribution < 1.29 is 19.0 Å². The summed E-state index contributed by atoms with van der Waals surface area (Å²) >= 11 is 1.30. The van der Waals surface area contributed by atoms with E-state index in [1.165, 1.54) is 11.8 Å². The molecule has 0 saturated heterocycles. The minimum atomic E-state index is -0.671. The highest BCUT2D eigenvalue weighted by atomic mass is 32.2. The Hall–Kier alpha value is -3.03. The molecule has 0 aliphatic rings. The van der Waals surface area contributed by atoms with E-state index in [1.54, 1.807) is 7.11 Å². The monoisotopic (exact) mass is 408 g/mol. The van der Waals surface area contributed by atoms with Crippen LogP contribution in [0.5, 0.6) is 11.5 Å². The molecule has 0 fully saturated rings. The SMILES string of the molecule is COc1ccc(-c2nnc(SC[C@H](O)COc3cccc4ccccc34)o2)cc1. The Morgan fingerprint density at radius 3 is 2.62 bits per heavy atom. The molecule has 0 unspecified atom stereocenters. The summed E-state index contributed by atoms with van der Waals surface area (Å²) in [5.41, 5.74) is 0.810. The molecule has 1 N–H and O–H groups in total.